The third-order valence-corrected chi connectivity index (χ3v) is 5.67. The van der Waals surface area contributed by atoms with Crippen LogP contribution < -0.4 is 10.6 Å². The summed E-state index contributed by atoms with van der Waals surface area (Å²) in [5.41, 5.74) is 1.16. The van der Waals surface area contributed by atoms with E-state index in [-0.39, 0.29) is 6.03 Å². The molecule has 112 valence electrons. The van der Waals surface area contributed by atoms with Crippen LogP contribution >= 0.6 is 34.3 Å². The van der Waals surface area contributed by atoms with Gasteiger partial charge in [-0.1, -0.05) is 18.0 Å². The number of carbonyl (C=O) groups is 1. The third-order valence-electron chi connectivity index (χ3n) is 3.37. The number of hydrogen-bond donors (Lipinski definition) is 2. The number of aromatic nitrogens is 1. The summed E-state index contributed by atoms with van der Waals surface area (Å²) in [6.07, 6.45) is 5.81. The molecule has 2 amide bonds. The molecule has 0 radical (unpaired) electrons. The lowest BCUT2D eigenvalue weighted by Gasteiger charge is -2.03. The molecule has 0 spiro atoms. The highest BCUT2D eigenvalue weighted by Gasteiger charge is 2.15. The average molecular weight is 342 g/mol. The second-order valence-corrected chi connectivity index (χ2v) is 7.85. The summed E-state index contributed by atoms with van der Waals surface area (Å²) in [6, 6.07) is 3.53. The number of nitrogens with zero attached hydrogens (tertiary/aromatic N) is 1. The minimum Gasteiger partial charge on any atom is -0.333 e. The standard InChI is InChI=1S/C14H16ClN3OS2/c15-12-7-6-9(20-12)8-16-13(19)18-14-17-10-4-2-1-3-5-11(10)21-14/h6-7H,1-5,8H2,(H2,16,17,18,19). The Hall–Kier alpha value is -1.11. The molecular formula is C14H16ClN3OS2. The van der Waals surface area contributed by atoms with Crippen LogP contribution in [-0.4, -0.2) is 11.0 Å². The molecule has 1 aliphatic carbocycles. The van der Waals surface area contributed by atoms with E-state index in [2.05, 4.69) is 15.6 Å². The maximum atomic E-state index is 11.9. The summed E-state index contributed by atoms with van der Waals surface area (Å²) >= 11 is 8.93. The van der Waals surface area contributed by atoms with E-state index in [0.717, 1.165) is 27.7 Å². The minimum atomic E-state index is -0.219. The molecule has 0 unspecified atom stereocenters. The zero-order valence-corrected chi connectivity index (χ0v) is 13.8. The van der Waals surface area contributed by atoms with E-state index in [0.29, 0.717) is 11.7 Å². The van der Waals surface area contributed by atoms with E-state index < -0.39 is 0 Å². The molecule has 4 nitrogen and oxygen atoms in total. The first kappa shape index (κ1) is 14.8. The Morgan fingerprint density at radius 1 is 1.24 bits per heavy atom. The fraction of sp³-hybridized carbons (Fsp3) is 0.429. The molecule has 2 heterocycles. The summed E-state index contributed by atoms with van der Waals surface area (Å²) in [5.74, 6) is 0. The van der Waals surface area contributed by atoms with Crippen molar-refractivity contribution in [1.82, 2.24) is 10.3 Å². The van der Waals surface area contributed by atoms with Gasteiger partial charge in [0.05, 0.1) is 16.6 Å². The zero-order valence-electron chi connectivity index (χ0n) is 11.4. The van der Waals surface area contributed by atoms with Crippen LogP contribution in [0.5, 0.6) is 0 Å². The first-order valence-electron chi connectivity index (χ1n) is 6.98. The van der Waals surface area contributed by atoms with Gasteiger partial charge in [-0.25, -0.2) is 9.78 Å². The zero-order chi connectivity index (χ0) is 14.7. The van der Waals surface area contributed by atoms with Gasteiger partial charge in [-0.3, -0.25) is 5.32 Å². The quantitative estimate of drug-likeness (QED) is 0.810. The first-order valence-corrected chi connectivity index (χ1v) is 8.99. The fourth-order valence-electron chi connectivity index (χ4n) is 2.34. The van der Waals surface area contributed by atoms with Crippen molar-refractivity contribution < 1.29 is 4.79 Å². The van der Waals surface area contributed by atoms with E-state index in [1.807, 2.05) is 12.1 Å². The van der Waals surface area contributed by atoms with Gasteiger partial charge in [-0.15, -0.1) is 22.7 Å². The van der Waals surface area contributed by atoms with Gasteiger partial charge in [0.2, 0.25) is 0 Å². The predicted molar refractivity (Wildman–Crippen MR) is 88.6 cm³/mol. The van der Waals surface area contributed by atoms with Crippen LogP contribution in [0.1, 0.15) is 34.7 Å². The van der Waals surface area contributed by atoms with Crippen LogP contribution in [0.15, 0.2) is 12.1 Å². The Labute approximate surface area is 136 Å². The van der Waals surface area contributed by atoms with Crippen molar-refractivity contribution in [3.63, 3.8) is 0 Å². The smallest absolute Gasteiger partial charge is 0.321 e. The first-order chi connectivity index (χ1) is 10.2. The highest BCUT2D eigenvalue weighted by atomic mass is 35.5. The van der Waals surface area contributed by atoms with Gasteiger partial charge in [0.25, 0.3) is 0 Å². The molecule has 3 rings (SSSR count). The highest BCUT2D eigenvalue weighted by Crippen LogP contribution is 2.28. The predicted octanol–water partition coefficient (Wildman–Crippen LogP) is 4.45. The van der Waals surface area contributed by atoms with Crippen molar-refractivity contribution in [3.05, 3.63) is 31.9 Å². The molecule has 0 bridgehead atoms. The molecule has 0 saturated heterocycles. The Morgan fingerprint density at radius 3 is 2.90 bits per heavy atom. The molecule has 0 fully saturated rings. The lowest BCUT2D eigenvalue weighted by molar-refractivity contribution is 0.252. The number of aryl methyl sites for hydroxylation is 2. The molecule has 0 atom stereocenters. The summed E-state index contributed by atoms with van der Waals surface area (Å²) in [6.45, 7) is 0.480. The molecule has 1 aliphatic rings. The number of thiazole rings is 1. The van der Waals surface area contributed by atoms with Crippen LogP contribution in [0, 0.1) is 0 Å². The molecule has 21 heavy (non-hydrogen) atoms. The van der Waals surface area contributed by atoms with Crippen molar-refractivity contribution in [2.45, 2.75) is 38.6 Å². The topological polar surface area (TPSA) is 54.0 Å². The van der Waals surface area contributed by atoms with Crippen LogP contribution in [0.3, 0.4) is 0 Å². The molecule has 2 aromatic rings. The number of fused-ring (bicyclic) bond motifs is 1. The maximum absolute atomic E-state index is 11.9. The number of anilines is 1. The normalized spacial score (nSPS) is 14.3. The molecule has 2 N–H and O–H groups in total. The fourth-order valence-corrected chi connectivity index (χ4v) is 4.41. The van der Waals surface area contributed by atoms with Gasteiger partial charge in [-0.05, 0) is 37.8 Å². The summed E-state index contributed by atoms with van der Waals surface area (Å²) in [7, 11) is 0. The van der Waals surface area contributed by atoms with Crippen molar-refractivity contribution in [2.24, 2.45) is 0 Å². The average Bonchev–Trinajstić information content (AvgIpc) is 2.97. The lowest BCUT2D eigenvalue weighted by atomic mass is 10.2. The second kappa shape index (κ2) is 6.77. The molecular weight excluding hydrogens is 326 g/mol. The third kappa shape index (κ3) is 3.96. The molecule has 7 heteroatoms. The van der Waals surface area contributed by atoms with Crippen LogP contribution in [0.2, 0.25) is 4.34 Å². The Kier molecular flexibility index (Phi) is 4.77. The van der Waals surface area contributed by atoms with Crippen molar-refractivity contribution in [2.75, 3.05) is 5.32 Å². The number of carbonyl (C=O) groups excluding carboxylic acids is 1. The van der Waals surface area contributed by atoms with Gasteiger partial charge >= 0.3 is 6.03 Å². The van der Waals surface area contributed by atoms with Crippen LogP contribution in [0.4, 0.5) is 9.93 Å². The number of halogens is 1. The van der Waals surface area contributed by atoms with Gasteiger partial charge < -0.3 is 5.32 Å². The minimum absolute atomic E-state index is 0.219. The van der Waals surface area contributed by atoms with Gasteiger partial charge in [0.15, 0.2) is 5.13 Å². The number of thiophene rings is 1. The van der Waals surface area contributed by atoms with E-state index in [9.17, 15) is 4.79 Å². The van der Waals surface area contributed by atoms with Crippen molar-refractivity contribution >= 4 is 45.4 Å². The lowest BCUT2D eigenvalue weighted by Crippen LogP contribution is -2.27. The number of nitrogens with one attached hydrogen (secondary N) is 2. The molecule has 0 aromatic carbocycles. The van der Waals surface area contributed by atoms with E-state index in [1.54, 1.807) is 11.3 Å². The molecule has 0 aliphatic heterocycles. The Balaban J connectivity index is 1.55. The summed E-state index contributed by atoms with van der Waals surface area (Å²) in [4.78, 5) is 18.8. The Bertz CT molecular complexity index is 614. The number of amides is 2. The molecule has 2 aromatic heterocycles. The Morgan fingerprint density at radius 2 is 2.10 bits per heavy atom. The van der Waals surface area contributed by atoms with Crippen molar-refractivity contribution in [3.8, 4) is 0 Å². The SMILES string of the molecule is O=C(NCc1ccc(Cl)s1)Nc1nc2c(s1)CCCCC2. The van der Waals surface area contributed by atoms with Gasteiger partial charge in [0, 0.05) is 9.75 Å². The number of rotatable bonds is 3. The second-order valence-electron chi connectivity index (χ2n) is 4.96. The largest absolute Gasteiger partial charge is 0.333 e. The van der Waals surface area contributed by atoms with Gasteiger partial charge in [0.1, 0.15) is 0 Å². The van der Waals surface area contributed by atoms with E-state index >= 15 is 0 Å². The number of urea groups is 1. The van der Waals surface area contributed by atoms with Crippen LogP contribution in [0.25, 0.3) is 0 Å². The molecule has 0 saturated carbocycles. The summed E-state index contributed by atoms with van der Waals surface area (Å²) < 4.78 is 0.732. The van der Waals surface area contributed by atoms with E-state index in [1.165, 1.54) is 35.5 Å². The maximum Gasteiger partial charge on any atom is 0.321 e. The summed E-state index contributed by atoms with van der Waals surface area (Å²) in [5, 5.41) is 6.35. The highest BCUT2D eigenvalue weighted by molar-refractivity contribution is 7.16. The van der Waals surface area contributed by atoms with Gasteiger partial charge in [-0.2, -0.15) is 0 Å². The van der Waals surface area contributed by atoms with Crippen molar-refractivity contribution in [1.29, 1.82) is 0 Å². The number of hydrogen-bond acceptors (Lipinski definition) is 4. The van der Waals surface area contributed by atoms with E-state index in [4.69, 9.17) is 11.6 Å². The monoisotopic (exact) mass is 341 g/mol. The van der Waals surface area contributed by atoms with Crippen LogP contribution in [-0.2, 0) is 19.4 Å².